The van der Waals surface area contributed by atoms with Crippen LogP contribution in [-0.2, 0) is 36.8 Å². The molecule has 4 aromatic rings. The van der Waals surface area contributed by atoms with Crippen LogP contribution in [0.5, 0.6) is 0 Å². The van der Waals surface area contributed by atoms with Crippen molar-refractivity contribution >= 4 is 29.8 Å². The van der Waals surface area contributed by atoms with E-state index in [1.807, 2.05) is 10.7 Å². The second-order valence-corrected chi connectivity index (χ2v) is 20.8. The number of aliphatic hydroxyl groups excluding tert-OH is 1. The van der Waals surface area contributed by atoms with Crippen LogP contribution in [0.25, 0.3) is 11.3 Å². The van der Waals surface area contributed by atoms with Crippen LogP contribution in [0.15, 0.2) is 61.1 Å². The number of nitrogens with zero attached hydrogens (tertiary/aromatic N) is 7. The van der Waals surface area contributed by atoms with Crippen LogP contribution in [0.2, 0.25) is 0 Å². The number of ether oxygens (including phenoxy) is 3. The molecule has 2 bridgehead atoms. The molecule has 5 heterocycles. The molecule has 81 heavy (non-hydrogen) atoms. The minimum absolute atomic E-state index is 0.197. The number of benzene rings is 2. The van der Waals surface area contributed by atoms with Crippen molar-refractivity contribution < 1.29 is 82.4 Å². The van der Waals surface area contributed by atoms with E-state index in [2.05, 4.69) is 51.5 Å². The number of aromatic nitrogens is 4. The number of hydrazine groups is 1. The van der Waals surface area contributed by atoms with Crippen molar-refractivity contribution in [2.45, 2.75) is 115 Å². The molecule has 29 heteroatoms. The van der Waals surface area contributed by atoms with Crippen LogP contribution in [0.4, 0.5) is 59.3 Å². The van der Waals surface area contributed by atoms with E-state index in [4.69, 9.17) is 4.74 Å². The van der Waals surface area contributed by atoms with Gasteiger partial charge in [0.05, 0.1) is 74.5 Å². The van der Waals surface area contributed by atoms with Gasteiger partial charge in [-0.25, -0.2) is 38.0 Å². The number of amides is 4. The van der Waals surface area contributed by atoms with Crippen molar-refractivity contribution in [3.8, 4) is 23.1 Å². The molecule has 3 aliphatic heterocycles. The normalized spacial score (nSPS) is 18.5. The number of carbonyl (C=O) groups is 4. The lowest BCUT2D eigenvalue weighted by Gasteiger charge is -2.47. The van der Waals surface area contributed by atoms with Crippen LogP contribution in [0, 0.1) is 34.3 Å². The zero-order valence-corrected chi connectivity index (χ0v) is 44.5. The standard InChI is InChI=1S/C52H59F10N11O8/c1-49(2,51(57,58)59)42(66-47(77)79-5)44(75)65-39(17-29-9-7-28(8-10-29)11-12-31-20-64-41(21-63-31)70-22-32-13-14-33(23-70)73(32)34-26-81-27-34)40(74)25-71(69-45(76)43(67-48(78)80-6)50(3,4)52(60,61)62)24-35-36(53)18-30(19-37(35)54)38-15-16-72(68-38)46(55)56/h7-10,15-16,18-21,32-34,39-40,42-43,46,74H,13-14,17,22-27H2,1-6H3,(H,65,75)(H,66,77)(H,67,78)(H,69,76)/t32?,33?,39-,40-,42+,43+/m0/s1. The lowest BCUT2D eigenvalue weighted by atomic mass is 9.82. The minimum Gasteiger partial charge on any atom is -0.453 e. The maximum Gasteiger partial charge on any atom is 0.407 e. The zero-order chi connectivity index (χ0) is 59.4. The summed E-state index contributed by atoms with van der Waals surface area (Å²) >= 11 is 0. The molecule has 0 spiro atoms. The van der Waals surface area contributed by atoms with E-state index >= 15 is 8.78 Å². The van der Waals surface area contributed by atoms with E-state index in [1.54, 1.807) is 11.5 Å². The summed E-state index contributed by atoms with van der Waals surface area (Å²) in [6, 6.07) is 2.70. The number of hydrogen-bond donors (Lipinski definition) is 5. The summed E-state index contributed by atoms with van der Waals surface area (Å²) in [6.07, 6.45) is -9.88. The predicted molar refractivity (Wildman–Crippen MR) is 267 cm³/mol. The van der Waals surface area contributed by atoms with E-state index in [9.17, 15) is 59.4 Å². The Hall–Kier alpha value is -7.29. The summed E-state index contributed by atoms with van der Waals surface area (Å²) in [5, 5.41) is 22.0. The van der Waals surface area contributed by atoms with Crippen LogP contribution >= 0.6 is 0 Å². The Morgan fingerprint density at radius 1 is 0.790 bits per heavy atom. The third kappa shape index (κ3) is 14.3. The molecule has 2 aromatic carbocycles. The number of alkyl halides is 8. The molecule has 5 N–H and O–H groups in total. The Kier molecular flexibility index (Phi) is 18.8. The number of fused-ring (bicyclic) bond motifs is 2. The Labute approximate surface area is 458 Å². The zero-order valence-electron chi connectivity index (χ0n) is 44.5. The van der Waals surface area contributed by atoms with Crippen LogP contribution in [-0.4, -0.2) is 161 Å². The van der Waals surface area contributed by atoms with Gasteiger partial charge >= 0.3 is 31.1 Å². The van der Waals surface area contributed by atoms with Gasteiger partial charge in [-0.3, -0.25) is 19.9 Å². The average molecular weight is 1160 g/mol. The topological polar surface area (TPSA) is 218 Å². The van der Waals surface area contributed by atoms with Crippen molar-refractivity contribution in [1.29, 1.82) is 0 Å². The molecule has 0 radical (unpaired) electrons. The fourth-order valence-corrected chi connectivity index (χ4v) is 9.57. The summed E-state index contributed by atoms with van der Waals surface area (Å²) in [7, 11) is 1.60. The van der Waals surface area contributed by atoms with Crippen LogP contribution < -0.4 is 26.3 Å². The Morgan fingerprint density at radius 3 is 1.84 bits per heavy atom. The van der Waals surface area contributed by atoms with Gasteiger partial charge in [-0.15, -0.1) is 0 Å². The SMILES string of the molecule is COC(=O)N[C@H](C(=O)N[C@@H](Cc1ccc(C#Cc2cnc(N3CC4CCC(C3)N4C3COC3)cn2)cc1)[C@@H](O)CN(Cc1c(F)cc(-c2ccn(C(F)F)n2)cc1F)NC(=O)[C@@H](NC(=O)OC)C(C)(C)C(F)(F)F)C(C)(C)C(F)(F)F. The maximum absolute atomic E-state index is 16.0. The Bertz CT molecular complexity index is 2910. The van der Waals surface area contributed by atoms with Gasteiger partial charge < -0.3 is 40.2 Å². The van der Waals surface area contributed by atoms with E-state index in [0.717, 1.165) is 65.6 Å². The van der Waals surface area contributed by atoms with E-state index in [1.165, 1.54) is 30.5 Å². The summed E-state index contributed by atoms with van der Waals surface area (Å²) in [5.74, 6) is 0.481. The third-order valence-corrected chi connectivity index (χ3v) is 14.7. The van der Waals surface area contributed by atoms with Gasteiger partial charge in [-0.05, 0) is 88.8 Å². The first-order valence-electron chi connectivity index (χ1n) is 25.2. The lowest BCUT2D eigenvalue weighted by Crippen LogP contribution is -2.63. The van der Waals surface area contributed by atoms with Gasteiger partial charge in [-0.2, -0.15) is 40.2 Å². The van der Waals surface area contributed by atoms with Crippen molar-refractivity contribution in [2.75, 3.05) is 52.0 Å². The van der Waals surface area contributed by atoms with E-state index in [0.29, 0.717) is 80.0 Å². The molecule has 19 nitrogen and oxygen atoms in total. The highest BCUT2D eigenvalue weighted by atomic mass is 19.4. The first-order valence-corrected chi connectivity index (χ1v) is 25.2. The molecule has 6 atom stereocenters. The maximum atomic E-state index is 16.0. The fourth-order valence-electron chi connectivity index (χ4n) is 9.57. The molecule has 2 unspecified atom stereocenters. The number of anilines is 1. The summed E-state index contributed by atoms with van der Waals surface area (Å²) in [4.78, 5) is 66.7. The highest BCUT2D eigenvalue weighted by molar-refractivity contribution is 5.87. The smallest absolute Gasteiger partial charge is 0.407 e. The number of carbonyl (C=O) groups excluding carboxylic acids is 4. The molecule has 440 valence electrons. The van der Waals surface area contributed by atoms with Gasteiger partial charge in [0.1, 0.15) is 35.2 Å². The number of piperazine rings is 1. The number of halogens is 10. The molecule has 2 aromatic heterocycles. The van der Waals surface area contributed by atoms with E-state index in [-0.39, 0.29) is 21.5 Å². The van der Waals surface area contributed by atoms with Gasteiger partial charge in [0.2, 0.25) is 5.91 Å². The number of nitrogens with one attached hydrogen (secondary N) is 4. The van der Waals surface area contributed by atoms with Crippen molar-refractivity contribution in [1.82, 2.24) is 51.0 Å². The number of alkyl carbamates (subject to hydrolysis) is 2. The monoisotopic (exact) mass is 1160 g/mol. The summed E-state index contributed by atoms with van der Waals surface area (Å²) in [6.45, 7) is -0.0933. The number of rotatable bonds is 19. The summed E-state index contributed by atoms with van der Waals surface area (Å²) in [5.41, 5.74) is -4.74. The largest absolute Gasteiger partial charge is 0.453 e. The van der Waals surface area contributed by atoms with Gasteiger partial charge in [0.25, 0.3) is 5.91 Å². The van der Waals surface area contributed by atoms with Gasteiger partial charge in [0, 0.05) is 61.1 Å². The first kappa shape index (κ1) is 61.3. The molecule has 0 saturated carbocycles. The Balaban J connectivity index is 1.18. The summed E-state index contributed by atoms with van der Waals surface area (Å²) < 4.78 is 161. The second-order valence-electron chi connectivity index (χ2n) is 20.8. The number of hydrogen-bond acceptors (Lipinski definition) is 14. The quantitative estimate of drug-likeness (QED) is 0.0413. The highest BCUT2D eigenvalue weighted by Gasteiger charge is 2.57. The third-order valence-electron chi connectivity index (χ3n) is 14.7. The highest BCUT2D eigenvalue weighted by Crippen LogP contribution is 2.42. The number of methoxy groups -OCH3 is 2. The van der Waals surface area contributed by atoms with Crippen molar-refractivity contribution in [3.63, 3.8) is 0 Å². The molecule has 3 fully saturated rings. The first-order chi connectivity index (χ1) is 38.0. The molecule has 0 aliphatic carbocycles. The van der Waals surface area contributed by atoms with Crippen molar-refractivity contribution in [3.05, 3.63) is 95.1 Å². The van der Waals surface area contributed by atoms with Crippen LogP contribution in [0.1, 0.15) is 69.5 Å². The molecular weight excluding hydrogens is 1100 g/mol. The van der Waals surface area contributed by atoms with Crippen molar-refractivity contribution in [2.24, 2.45) is 10.8 Å². The molecule has 4 amide bonds. The molecule has 7 rings (SSSR count). The average Bonchev–Trinajstić information content (AvgIpc) is 3.98. The molecule has 3 aliphatic rings. The fraction of sp³-hybridized carbons (Fsp3) is 0.519. The van der Waals surface area contributed by atoms with Gasteiger partial charge in [-0.1, -0.05) is 18.1 Å². The number of aliphatic hydroxyl groups is 1. The minimum atomic E-state index is -5.23. The predicted octanol–water partition coefficient (Wildman–Crippen LogP) is 6.01. The lowest BCUT2D eigenvalue weighted by molar-refractivity contribution is -0.221. The van der Waals surface area contributed by atoms with E-state index < -0.39 is 115 Å². The second kappa shape index (κ2) is 24.8. The molecule has 3 saturated heterocycles. The van der Waals surface area contributed by atoms with Gasteiger partial charge in [0.15, 0.2) is 0 Å². The van der Waals surface area contributed by atoms with Crippen LogP contribution in [0.3, 0.4) is 0 Å². The Morgan fingerprint density at radius 2 is 1.36 bits per heavy atom. The molecular formula is C52H59F10N11O8.